The molecule has 0 bridgehead atoms. The Balaban J connectivity index is 1.74. The highest BCUT2D eigenvalue weighted by atomic mass is 32.2. The van der Waals surface area contributed by atoms with Gasteiger partial charge in [0.2, 0.25) is 10.0 Å². The average Bonchev–Trinajstić information content (AvgIpc) is 3.08. The molecule has 2 aromatic carbocycles. The standard InChI is InChI=1S/C19H19N3O4S2/c1-3-11-20-28(24,25)15-8-5-13(6-9-15)18(23)22-19-21-16-10-7-14(26-4-2)12-17(16)27-19/h3,5-10,12,20H,1,4,11H2,2H3,(H,21,22,23). The largest absolute Gasteiger partial charge is 0.494 e. The van der Waals surface area contributed by atoms with Crippen LogP contribution in [0.5, 0.6) is 5.75 Å². The van der Waals surface area contributed by atoms with Crippen LogP contribution >= 0.6 is 11.3 Å². The topological polar surface area (TPSA) is 97.4 Å². The molecule has 0 unspecified atom stereocenters. The maximum Gasteiger partial charge on any atom is 0.257 e. The predicted octanol–water partition coefficient (Wildman–Crippen LogP) is 3.41. The Morgan fingerprint density at radius 1 is 1.25 bits per heavy atom. The molecule has 0 spiro atoms. The Labute approximate surface area is 167 Å². The van der Waals surface area contributed by atoms with Crippen molar-refractivity contribution in [3.05, 3.63) is 60.7 Å². The van der Waals surface area contributed by atoms with Crippen LogP contribution in [0.3, 0.4) is 0 Å². The zero-order valence-corrected chi connectivity index (χ0v) is 16.8. The van der Waals surface area contributed by atoms with E-state index in [9.17, 15) is 13.2 Å². The molecule has 9 heteroatoms. The molecule has 1 heterocycles. The van der Waals surface area contributed by atoms with Gasteiger partial charge in [-0.05, 0) is 49.4 Å². The SMILES string of the molecule is C=CCNS(=O)(=O)c1ccc(C(=O)Nc2nc3ccc(OCC)cc3s2)cc1. The number of nitrogens with zero attached hydrogens (tertiary/aromatic N) is 1. The first kappa shape index (κ1) is 20.0. The molecule has 0 aliphatic rings. The summed E-state index contributed by atoms with van der Waals surface area (Å²) in [4.78, 5) is 16.9. The van der Waals surface area contributed by atoms with Crippen molar-refractivity contribution in [2.45, 2.75) is 11.8 Å². The minimum atomic E-state index is -3.63. The normalized spacial score (nSPS) is 11.3. The molecule has 0 atom stereocenters. The van der Waals surface area contributed by atoms with E-state index < -0.39 is 10.0 Å². The summed E-state index contributed by atoms with van der Waals surface area (Å²) < 4.78 is 32.9. The number of carbonyl (C=O) groups excluding carboxylic acids is 1. The molecule has 3 aromatic rings. The number of thiazole rings is 1. The van der Waals surface area contributed by atoms with Crippen LogP contribution in [0.15, 0.2) is 60.0 Å². The third-order valence-corrected chi connectivity index (χ3v) is 6.11. The smallest absolute Gasteiger partial charge is 0.257 e. The van der Waals surface area contributed by atoms with E-state index in [0.29, 0.717) is 17.3 Å². The van der Waals surface area contributed by atoms with E-state index in [1.165, 1.54) is 41.7 Å². The Morgan fingerprint density at radius 3 is 2.68 bits per heavy atom. The van der Waals surface area contributed by atoms with E-state index in [4.69, 9.17) is 4.74 Å². The Morgan fingerprint density at radius 2 is 2.00 bits per heavy atom. The van der Waals surface area contributed by atoms with Crippen LogP contribution in [0, 0.1) is 0 Å². The molecule has 28 heavy (non-hydrogen) atoms. The van der Waals surface area contributed by atoms with Gasteiger partial charge >= 0.3 is 0 Å². The van der Waals surface area contributed by atoms with E-state index in [1.807, 2.05) is 25.1 Å². The van der Waals surface area contributed by atoms with Crippen LogP contribution in [0.2, 0.25) is 0 Å². The molecule has 0 aliphatic heterocycles. The molecule has 0 saturated heterocycles. The predicted molar refractivity (Wildman–Crippen MR) is 111 cm³/mol. The minimum Gasteiger partial charge on any atom is -0.494 e. The molecule has 0 radical (unpaired) electrons. The van der Waals surface area contributed by atoms with Crippen molar-refractivity contribution in [1.82, 2.24) is 9.71 Å². The second-order valence-corrected chi connectivity index (χ2v) is 8.50. The third kappa shape index (κ3) is 4.56. The second-order valence-electron chi connectivity index (χ2n) is 5.70. The van der Waals surface area contributed by atoms with Gasteiger partial charge in [-0.25, -0.2) is 18.1 Å². The van der Waals surface area contributed by atoms with Crippen molar-refractivity contribution in [2.24, 2.45) is 0 Å². The Hall–Kier alpha value is -2.75. The Bertz CT molecular complexity index is 1110. The summed E-state index contributed by atoms with van der Waals surface area (Å²) in [6.45, 7) is 6.09. The minimum absolute atomic E-state index is 0.0781. The summed E-state index contributed by atoms with van der Waals surface area (Å²) >= 11 is 1.34. The zero-order chi connectivity index (χ0) is 20.1. The first-order valence-corrected chi connectivity index (χ1v) is 10.8. The number of hydrogen-bond donors (Lipinski definition) is 2. The fraction of sp³-hybridized carbons (Fsp3) is 0.158. The van der Waals surface area contributed by atoms with Crippen molar-refractivity contribution in [3.63, 3.8) is 0 Å². The molecular formula is C19H19N3O4S2. The molecule has 7 nitrogen and oxygen atoms in total. The van der Waals surface area contributed by atoms with Crippen molar-refractivity contribution in [2.75, 3.05) is 18.5 Å². The van der Waals surface area contributed by atoms with Gasteiger partial charge in [-0.1, -0.05) is 17.4 Å². The average molecular weight is 418 g/mol. The maximum absolute atomic E-state index is 12.4. The number of ether oxygens (including phenoxy) is 1. The number of aromatic nitrogens is 1. The van der Waals surface area contributed by atoms with Gasteiger partial charge in [-0.15, -0.1) is 6.58 Å². The first-order valence-electron chi connectivity index (χ1n) is 8.48. The molecule has 1 aromatic heterocycles. The summed E-state index contributed by atoms with van der Waals surface area (Å²) in [5.74, 6) is 0.380. The third-order valence-electron chi connectivity index (χ3n) is 3.74. The highest BCUT2D eigenvalue weighted by Crippen LogP contribution is 2.29. The lowest BCUT2D eigenvalue weighted by atomic mass is 10.2. The van der Waals surface area contributed by atoms with Crippen LogP contribution in [-0.2, 0) is 10.0 Å². The van der Waals surface area contributed by atoms with Crippen LogP contribution < -0.4 is 14.8 Å². The van der Waals surface area contributed by atoms with E-state index in [-0.39, 0.29) is 17.3 Å². The van der Waals surface area contributed by atoms with Crippen LogP contribution in [0.25, 0.3) is 10.2 Å². The van der Waals surface area contributed by atoms with Gasteiger partial charge in [0.1, 0.15) is 5.75 Å². The van der Waals surface area contributed by atoms with Gasteiger partial charge in [0, 0.05) is 12.1 Å². The number of anilines is 1. The summed E-state index contributed by atoms with van der Waals surface area (Å²) in [7, 11) is -3.63. The van der Waals surface area contributed by atoms with Gasteiger partial charge in [0.05, 0.1) is 21.7 Å². The van der Waals surface area contributed by atoms with E-state index in [0.717, 1.165) is 16.0 Å². The van der Waals surface area contributed by atoms with Gasteiger partial charge in [-0.3, -0.25) is 10.1 Å². The molecule has 0 aliphatic carbocycles. The van der Waals surface area contributed by atoms with Crippen molar-refractivity contribution in [1.29, 1.82) is 0 Å². The number of sulfonamides is 1. The quantitative estimate of drug-likeness (QED) is 0.548. The first-order chi connectivity index (χ1) is 13.4. The van der Waals surface area contributed by atoms with Crippen molar-refractivity contribution < 1.29 is 17.9 Å². The molecule has 3 rings (SSSR count). The molecule has 0 fully saturated rings. The number of fused-ring (bicyclic) bond motifs is 1. The number of benzene rings is 2. The fourth-order valence-electron chi connectivity index (χ4n) is 2.42. The van der Waals surface area contributed by atoms with E-state index in [2.05, 4.69) is 21.6 Å². The highest BCUT2D eigenvalue weighted by Gasteiger charge is 2.15. The van der Waals surface area contributed by atoms with Crippen LogP contribution in [0.1, 0.15) is 17.3 Å². The summed E-state index contributed by atoms with van der Waals surface area (Å²) in [6.07, 6.45) is 1.45. The van der Waals surface area contributed by atoms with E-state index >= 15 is 0 Å². The van der Waals surface area contributed by atoms with Gasteiger partial charge in [0.15, 0.2) is 5.13 Å². The molecule has 1 amide bonds. The molecule has 146 valence electrons. The molecule has 0 saturated carbocycles. The lowest BCUT2D eigenvalue weighted by Gasteiger charge is -2.06. The number of carbonyl (C=O) groups is 1. The number of hydrogen-bond acceptors (Lipinski definition) is 6. The number of amides is 1. The summed E-state index contributed by atoms with van der Waals surface area (Å²) in [5, 5.41) is 3.20. The fourth-order valence-corrected chi connectivity index (χ4v) is 4.31. The van der Waals surface area contributed by atoms with E-state index in [1.54, 1.807) is 0 Å². The maximum atomic E-state index is 12.4. The van der Waals surface area contributed by atoms with Gasteiger partial charge < -0.3 is 4.74 Å². The van der Waals surface area contributed by atoms with Crippen LogP contribution in [0.4, 0.5) is 5.13 Å². The summed E-state index contributed by atoms with van der Waals surface area (Å²) in [5.41, 5.74) is 1.09. The number of rotatable bonds is 8. The zero-order valence-electron chi connectivity index (χ0n) is 15.1. The van der Waals surface area contributed by atoms with Crippen LogP contribution in [-0.4, -0.2) is 32.5 Å². The second kappa shape index (κ2) is 8.51. The lowest BCUT2D eigenvalue weighted by molar-refractivity contribution is 0.102. The molecular weight excluding hydrogens is 398 g/mol. The Kier molecular flexibility index (Phi) is 6.08. The molecule has 2 N–H and O–H groups in total. The van der Waals surface area contributed by atoms with Gasteiger partial charge in [-0.2, -0.15) is 0 Å². The van der Waals surface area contributed by atoms with Crippen molar-refractivity contribution in [3.8, 4) is 5.75 Å². The summed E-state index contributed by atoms with van der Waals surface area (Å²) in [6, 6.07) is 11.2. The highest BCUT2D eigenvalue weighted by molar-refractivity contribution is 7.89. The lowest BCUT2D eigenvalue weighted by Crippen LogP contribution is -2.23. The number of nitrogens with one attached hydrogen (secondary N) is 2. The monoisotopic (exact) mass is 417 g/mol. The van der Waals surface area contributed by atoms with Gasteiger partial charge in [0.25, 0.3) is 5.91 Å². The van der Waals surface area contributed by atoms with Crippen molar-refractivity contribution >= 4 is 42.6 Å².